The molecule has 1 saturated heterocycles. The average Bonchev–Trinajstić information content (AvgIpc) is 3.42. The van der Waals surface area contributed by atoms with Gasteiger partial charge in [0.15, 0.2) is 11.4 Å². The van der Waals surface area contributed by atoms with E-state index >= 15 is 0 Å². The second kappa shape index (κ2) is 13.9. The van der Waals surface area contributed by atoms with Gasteiger partial charge in [-0.1, -0.05) is 42.5 Å². The number of benzene rings is 3. The SMILES string of the molecule is CCOC(=O)C(C)(C)Oc1ccc(CC[C@H]2CN(C(=O)Oc3ccccc3)C[C@@H]2C(=O)c2ccc(SC)cc2)cc1C. The van der Waals surface area contributed by atoms with E-state index in [1.54, 1.807) is 49.6 Å². The molecule has 0 aliphatic carbocycles. The minimum Gasteiger partial charge on any atom is -0.476 e. The summed E-state index contributed by atoms with van der Waals surface area (Å²) >= 11 is 1.63. The fraction of sp³-hybridized carbons (Fsp3) is 0.382. The predicted molar refractivity (Wildman–Crippen MR) is 164 cm³/mol. The quantitative estimate of drug-likeness (QED) is 0.135. The van der Waals surface area contributed by atoms with Crippen molar-refractivity contribution in [2.45, 2.75) is 51.0 Å². The highest BCUT2D eigenvalue weighted by atomic mass is 32.2. The Kier molecular flexibility index (Phi) is 10.3. The first kappa shape index (κ1) is 31.2. The molecular weight excluding hydrogens is 550 g/mol. The second-order valence-electron chi connectivity index (χ2n) is 11.0. The van der Waals surface area contributed by atoms with Crippen LogP contribution in [0.15, 0.2) is 77.7 Å². The highest BCUT2D eigenvalue weighted by Crippen LogP contribution is 2.33. The zero-order valence-corrected chi connectivity index (χ0v) is 25.7. The fourth-order valence-corrected chi connectivity index (χ4v) is 5.60. The number of Topliss-reactive ketones (excluding diaryl/α,β-unsaturated/α-hetero) is 1. The van der Waals surface area contributed by atoms with Crippen LogP contribution < -0.4 is 9.47 Å². The van der Waals surface area contributed by atoms with Gasteiger partial charge in [-0.25, -0.2) is 9.59 Å². The molecular formula is C34H39NO6S. The lowest BCUT2D eigenvalue weighted by molar-refractivity contribution is -0.158. The normalized spacial score (nSPS) is 16.6. The first-order valence-electron chi connectivity index (χ1n) is 14.3. The van der Waals surface area contributed by atoms with Crippen LogP contribution in [0.5, 0.6) is 11.5 Å². The number of ketones is 1. The van der Waals surface area contributed by atoms with E-state index < -0.39 is 17.7 Å². The van der Waals surface area contributed by atoms with Gasteiger partial charge in [-0.05, 0) is 94.2 Å². The maximum Gasteiger partial charge on any atom is 0.415 e. The van der Waals surface area contributed by atoms with Crippen molar-refractivity contribution in [1.29, 1.82) is 0 Å². The number of para-hydroxylation sites is 1. The van der Waals surface area contributed by atoms with Gasteiger partial charge in [-0.15, -0.1) is 11.8 Å². The molecule has 0 radical (unpaired) electrons. The summed E-state index contributed by atoms with van der Waals surface area (Å²) in [5.41, 5.74) is 1.55. The maximum atomic E-state index is 13.7. The summed E-state index contributed by atoms with van der Waals surface area (Å²) in [6, 6.07) is 22.5. The van der Waals surface area contributed by atoms with E-state index in [-0.39, 0.29) is 17.6 Å². The molecule has 0 aromatic heterocycles. The Morgan fingerprint density at radius 2 is 1.69 bits per heavy atom. The maximum absolute atomic E-state index is 13.7. The molecule has 42 heavy (non-hydrogen) atoms. The Morgan fingerprint density at radius 3 is 2.33 bits per heavy atom. The van der Waals surface area contributed by atoms with Gasteiger partial charge in [0, 0.05) is 29.5 Å². The molecule has 2 atom stereocenters. The summed E-state index contributed by atoms with van der Waals surface area (Å²) in [6.45, 7) is 8.15. The number of rotatable bonds is 11. The lowest BCUT2D eigenvalue weighted by atomic mass is 9.84. The Bertz CT molecular complexity index is 1390. The molecule has 4 rings (SSSR count). The van der Waals surface area contributed by atoms with Crippen LogP contribution in [-0.4, -0.2) is 54.3 Å². The number of amides is 1. The number of thioether (sulfide) groups is 1. The molecule has 3 aromatic rings. The van der Waals surface area contributed by atoms with Crippen molar-refractivity contribution >= 4 is 29.6 Å². The van der Waals surface area contributed by atoms with E-state index in [0.29, 0.717) is 36.8 Å². The van der Waals surface area contributed by atoms with Crippen molar-refractivity contribution in [2.24, 2.45) is 11.8 Å². The Labute approximate surface area is 252 Å². The first-order chi connectivity index (χ1) is 20.1. The average molecular weight is 590 g/mol. The third-order valence-electron chi connectivity index (χ3n) is 7.53. The number of carbonyl (C=O) groups excluding carboxylic acids is 3. The Balaban J connectivity index is 1.47. The van der Waals surface area contributed by atoms with Gasteiger partial charge < -0.3 is 19.1 Å². The minimum atomic E-state index is -1.11. The lowest BCUT2D eigenvalue weighted by Gasteiger charge is -2.25. The molecule has 1 aliphatic rings. The number of hydrogen-bond donors (Lipinski definition) is 0. The molecule has 7 nitrogen and oxygen atoms in total. The number of hydrogen-bond acceptors (Lipinski definition) is 7. The molecule has 0 unspecified atom stereocenters. The lowest BCUT2D eigenvalue weighted by Crippen LogP contribution is -2.39. The van der Waals surface area contributed by atoms with Gasteiger partial charge in [-0.2, -0.15) is 0 Å². The predicted octanol–water partition coefficient (Wildman–Crippen LogP) is 7.00. The van der Waals surface area contributed by atoms with Crippen LogP contribution in [0.2, 0.25) is 0 Å². The number of aryl methyl sites for hydroxylation is 2. The minimum absolute atomic E-state index is 0.0277. The van der Waals surface area contributed by atoms with Gasteiger partial charge in [0.05, 0.1) is 6.61 Å². The van der Waals surface area contributed by atoms with Crippen molar-refractivity contribution < 1.29 is 28.6 Å². The van der Waals surface area contributed by atoms with E-state index in [9.17, 15) is 14.4 Å². The molecule has 8 heteroatoms. The van der Waals surface area contributed by atoms with E-state index in [2.05, 4.69) is 0 Å². The second-order valence-corrected chi connectivity index (χ2v) is 11.9. The summed E-state index contributed by atoms with van der Waals surface area (Å²) in [5, 5.41) is 0. The topological polar surface area (TPSA) is 82.1 Å². The molecule has 1 heterocycles. The number of nitrogens with zero attached hydrogens (tertiary/aromatic N) is 1. The summed E-state index contributed by atoms with van der Waals surface area (Å²) < 4.78 is 16.7. The third-order valence-corrected chi connectivity index (χ3v) is 8.28. The molecule has 1 amide bonds. The summed E-state index contributed by atoms with van der Waals surface area (Å²) in [5.74, 6) is 0.370. The van der Waals surface area contributed by atoms with Crippen LogP contribution in [0.4, 0.5) is 4.79 Å². The van der Waals surface area contributed by atoms with Crippen molar-refractivity contribution in [3.05, 3.63) is 89.5 Å². The van der Waals surface area contributed by atoms with E-state index in [0.717, 1.165) is 28.9 Å². The number of likely N-dealkylation sites (tertiary alicyclic amines) is 1. The zero-order valence-electron chi connectivity index (χ0n) is 24.9. The molecule has 1 aliphatic heterocycles. The Hall–Kier alpha value is -3.78. The highest BCUT2D eigenvalue weighted by molar-refractivity contribution is 7.98. The van der Waals surface area contributed by atoms with Crippen LogP contribution in [0.25, 0.3) is 0 Å². The van der Waals surface area contributed by atoms with Gasteiger partial charge in [0.2, 0.25) is 0 Å². The number of carbonyl (C=O) groups is 3. The van der Waals surface area contributed by atoms with Gasteiger partial charge in [-0.3, -0.25) is 4.79 Å². The first-order valence-corrected chi connectivity index (χ1v) is 15.5. The largest absolute Gasteiger partial charge is 0.476 e. The number of esters is 1. The van der Waals surface area contributed by atoms with Crippen LogP contribution >= 0.6 is 11.8 Å². The Morgan fingerprint density at radius 1 is 0.976 bits per heavy atom. The van der Waals surface area contributed by atoms with Gasteiger partial charge >= 0.3 is 12.1 Å². The van der Waals surface area contributed by atoms with Crippen molar-refractivity contribution in [3.8, 4) is 11.5 Å². The van der Waals surface area contributed by atoms with E-state index in [4.69, 9.17) is 14.2 Å². The van der Waals surface area contributed by atoms with Crippen molar-refractivity contribution in [1.82, 2.24) is 4.90 Å². The molecule has 1 fully saturated rings. The molecule has 0 bridgehead atoms. The van der Waals surface area contributed by atoms with Crippen LogP contribution in [-0.2, 0) is 16.0 Å². The van der Waals surface area contributed by atoms with Gasteiger partial charge in [0.25, 0.3) is 0 Å². The number of ether oxygens (including phenoxy) is 3. The monoisotopic (exact) mass is 589 g/mol. The van der Waals surface area contributed by atoms with E-state index in [1.165, 1.54) is 0 Å². The molecule has 222 valence electrons. The summed E-state index contributed by atoms with van der Waals surface area (Å²) in [7, 11) is 0. The smallest absolute Gasteiger partial charge is 0.415 e. The van der Waals surface area contributed by atoms with Crippen LogP contribution in [0.3, 0.4) is 0 Å². The summed E-state index contributed by atoms with van der Waals surface area (Å²) in [6.07, 6.45) is 3.01. The van der Waals surface area contributed by atoms with Gasteiger partial charge in [0.1, 0.15) is 11.5 Å². The molecule has 0 N–H and O–H groups in total. The van der Waals surface area contributed by atoms with Crippen molar-refractivity contribution in [3.63, 3.8) is 0 Å². The van der Waals surface area contributed by atoms with Crippen LogP contribution in [0.1, 0.15) is 48.7 Å². The fourth-order valence-electron chi connectivity index (χ4n) is 5.19. The standard InChI is InChI=1S/C34H39NO6S/c1-6-39-32(37)34(3,4)41-30-19-13-24(20-23(30)2)12-14-26-21-35(33(38)40-27-10-8-7-9-11-27)22-29(26)31(36)25-15-17-28(42-5)18-16-25/h7-11,13,15-20,26,29H,6,12,14,21-22H2,1-5H3/t26-,29-/m0/s1. The highest BCUT2D eigenvalue weighted by Gasteiger charge is 2.40. The third kappa shape index (κ3) is 7.73. The zero-order chi connectivity index (χ0) is 30.3. The van der Waals surface area contributed by atoms with E-state index in [1.807, 2.05) is 73.8 Å². The molecule has 0 spiro atoms. The molecule has 3 aromatic carbocycles. The molecule has 0 saturated carbocycles. The van der Waals surface area contributed by atoms with Crippen molar-refractivity contribution in [2.75, 3.05) is 26.0 Å². The van der Waals surface area contributed by atoms with Crippen LogP contribution in [0, 0.1) is 18.8 Å². The summed E-state index contributed by atoms with van der Waals surface area (Å²) in [4.78, 5) is 41.8.